The first-order valence-corrected chi connectivity index (χ1v) is 3.93. The third-order valence-corrected chi connectivity index (χ3v) is 1.57. The third-order valence-electron chi connectivity index (χ3n) is 1.57. The zero-order valence-corrected chi connectivity index (χ0v) is 7.98. The quantitative estimate of drug-likeness (QED) is 0.327. The molecule has 0 fully saturated rings. The van der Waals surface area contributed by atoms with Crippen molar-refractivity contribution >= 4 is 5.97 Å². The highest BCUT2D eigenvalue weighted by Gasteiger charge is 2.68. The number of alkyl halides is 6. The molecule has 0 aliphatic heterocycles. The minimum Gasteiger partial charge on any atom is -0.828 e. The van der Waals surface area contributed by atoms with Gasteiger partial charge >= 0.3 is 18.3 Å². The molecule has 0 rings (SSSR count). The summed E-state index contributed by atoms with van der Waals surface area (Å²) in [6.45, 7) is -0.897. The average Bonchev–Trinajstić information content (AvgIpc) is 2.13. The summed E-state index contributed by atoms with van der Waals surface area (Å²) in [6, 6.07) is 0. The van der Waals surface area contributed by atoms with E-state index < -0.39 is 37.0 Å². The van der Waals surface area contributed by atoms with Gasteiger partial charge in [-0.05, 0) is 0 Å². The van der Waals surface area contributed by atoms with Crippen molar-refractivity contribution in [3.63, 3.8) is 0 Å². The van der Waals surface area contributed by atoms with Crippen LogP contribution in [0.4, 0.5) is 26.3 Å². The lowest BCUT2D eigenvalue weighted by molar-refractivity contribution is -0.574. The Labute approximate surface area is 91.4 Å². The van der Waals surface area contributed by atoms with Crippen LogP contribution in [0.15, 0.2) is 0 Å². The minimum absolute atomic E-state index is 0.405. The summed E-state index contributed by atoms with van der Waals surface area (Å²) >= 11 is 0. The number of rotatable bonds is 3. The van der Waals surface area contributed by atoms with Gasteiger partial charge in [0.05, 0.1) is 0 Å². The van der Waals surface area contributed by atoms with E-state index in [1.807, 2.05) is 5.92 Å². The fraction of sp³-hybridized carbons (Fsp3) is 0.625. The molecule has 0 saturated heterocycles. The molecular weight excluding hydrogens is 258 g/mol. The van der Waals surface area contributed by atoms with Gasteiger partial charge in [0, 0.05) is 6.42 Å². The van der Waals surface area contributed by atoms with Crippen molar-refractivity contribution in [2.45, 2.75) is 24.4 Å². The first kappa shape index (κ1) is 15.6. The normalized spacial score (nSPS) is 13.1. The standard InChI is InChI=1S/C8H5F6O3/c1-2-3-4-17-5(15)6(16,7(9,10)11)8(12,13)14/h1H,3-4H2/q-1. The summed E-state index contributed by atoms with van der Waals surface area (Å²) in [5.41, 5.74) is -5.80. The second-order valence-electron chi connectivity index (χ2n) is 2.77. The molecule has 0 atom stereocenters. The Balaban J connectivity index is 5.11. The van der Waals surface area contributed by atoms with E-state index in [2.05, 4.69) is 11.2 Å². The lowest BCUT2D eigenvalue weighted by Crippen LogP contribution is -2.71. The van der Waals surface area contributed by atoms with Crippen molar-refractivity contribution in [2.24, 2.45) is 0 Å². The molecule has 0 bridgehead atoms. The van der Waals surface area contributed by atoms with Gasteiger partial charge in [-0.1, -0.05) is 0 Å². The second kappa shape index (κ2) is 4.83. The van der Waals surface area contributed by atoms with E-state index >= 15 is 0 Å². The third kappa shape index (κ3) is 3.03. The molecule has 17 heavy (non-hydrogen) atoms. The van der Waals surface area contributed by atoms with E-state index in [0.29, 0.717) is 0 Å². The number of ether oxygens (including phenoxy) is 1. The topological polar surface area (TPSA) is 49.4 Å². The molecule has 0 aliphatic carbocycles. The molecule has 0 heterocycles. The van der Waals surface area contributed by atoms with Crippen LogP contribution in [0, 0.1) is 12.3 Å². The summed E-state index contributed by atoms with van der Waals surface area (Å²) in [5.74, 6) is -1.15. The summed E-state index contributed by atoms with van der Waals surface area (Å²) in [5, 5.41) is 10.7. The molecule has 0 N–H and O–H groups in total. The highest BCUT2D eigenvalue weighted by Crippen LogP contribution is 2.41. The molecule has 0 radical (unpaired) electrons. The Kier molecular flexibility index (Phi) is 4.42. The Hall–Kier alpha value is -1.43. The number of carbonyl (C=O) groups is 1. The Morgan fingerprint density at radius 1 is 1.18 bits per heavy atom. The van der Waals surface area contributed by atoms with Crippen LogP contribution in [0.25, 0.3) is 0 Å². The molecule has 0 aliphatic rings. The van der Waals surface area contributed by atoms with E-state index in [-0.39, 0.29) is 0 Å². The highest BCUT2D eigenvalue weighted by atomic mass is 19.4. The van der Waals surface area contributed by atoms with Gasteiger partial charge in [0.1, 0.15) is 6.61 Å². The van der Waals surface area contributed by atoms with Gasteiger partial charge in [-0.3, -0.25) is 4.79 Å². The zero-order chi connectivity index (χ0) is 13.9. The Morgan fingerprint density at radius 2 is 1.59 bits per heavy atom. The number of carbonyl (C=O) groups excluding carboxylic acids is 1. The Morgan fingerprint density at radius 3 is 1.88 bits per heavy atom. The molecule has 9 heteroatoms. The Bertz CT molecular complexity index is 310. The van der Waals surface area contributed by atoms with Crippen molar-refractivity contribution in [3.05, 3.63) is 0 Å². The smallest absolute Gasteiger partial charge is 0.399 e. The number of halogens is 6. The fourth-order valence-electron chi connectivity index (χ4n) is 0.696. The van der Waals surface area contributed by atoms with Crippen molar-refractivity contribution in [1.82, 2.24) is 0 Å². The van der Waals surface area contributed by atoms with Gasteiger partial charge in [0.25, 0.3) is 0 Å². The number of terminal acetylenes is 1. The molecular formula is C8H5F6O3-. The van der Waals surface area contributed by atoms with E-state index in [0.717, 1.165) is 0 Å². The van der Waals surface area contributed by atoms with Gasteiger partial charge in [-0.15, -0.1) is 12.3 Å². The maximum atomic E-state index is 12.0. The van der Waals surface area contributed by atoms with E-state index in [1.165, 1.54) is 0 Å². The van der Waals surface area contributed by atoms with E-state index in [1.54, 1.807) is 0 Å². The summed E-state index contributed by atoms with van der Waals surface area (Å²) in [6.07, 6.45) is -8.47. The van der Waals surface area contributed by atoms with Gasteiger partial charge in [-0.2, -0.15) is 26.3 Å². The zero-order valence-electron chi connectivity index (χ0n) is 7.98. The van der Waals surface area contributed by atoms with Crippen LogP contribution in [-0.2, 0) is 9.53 Å². The second-order valence-corrected chi connectivity index (χ2v) is 2.77. The number of esters is 1. The maximum absolute atomic E-state index is 12.0. The van der Waals surface area contributed by atoms with Crippen LogP contribution in [0.3, 0.4) is 0 Å². The van der Waals surface area contributed by atoms with Crippen LogP contribution >= 0.6 is 0 Å². The van der Waals surface area contributed by atoms with Crippen LogP contribution in [0.2, 0.25) is 0 Å². The van der Waals surface area contributed by atoms with Crippen molar-refractivity contribution in [3.8, 4) is 12.3 Å². The lowest BCUT2D eigenvalue weighted by atomic mass is 10.0. The van der Waals surface area contributed by atoms with E-state index in [9.17, 15) is 36.2 Å². The van der Waals surface area contributed by atoms with Crippen molar-refractivity contribution in [2.75, 3.05) is 6.61 Å². The summed E-state index contributed by atoms with van der Waals surface area (Å²) in [7, 11) is 0. The molecule has 0 spiro atoms. The van der Waals surface area contributed by atoms with Crippen LogP contribution < -0.4 is 5.11 Å². The molecule has 0 unspecified atom stereocenters. The monoisotopic (exact) mass is 263 g/mol. The predicted molar refractivity (Wildman–Crippen MR) is 39.3 cm³/mol. The number of hydrogen-bond acceptors (Lipinski definition) is 3. The van der Waals surface area contributed by atoms with Crippen LogP contribution in [0.5, 0.6) is 0 Å². The van der Waals surface area contributed by atoms with Crippen molar-refractivity contribution < 1.29 is 41.0 Å². The van der Waals surface area contributed by atoms with Gasteiger partial charge in [0.15, 0.2) is 5.60 Å². The van der Waals surface area contributed by atoms with E-state index in [4.69, 9.17) is 0 Å². The van der Waals surface area contributed by atoms with Crippen LogP contribution in [0.1, 0.15) is 6.42 Å². The maximum Gasteiger partial charge on any atom is 0.399 e. The molecule has 3 nitrogen and oxygen atoms in total. The molecule has 98 valence electrons. The fourth-order valence-corrected chi connectivity index (χ4v) is 0.696. The van der Waals surface area contributed by atoms with Gasteiger partial charge in [-0.25, -0.2) is 0 Å². The molecule has 0 aromatic rings. The van der Waals surface area contributed by atoms with Crippen LogP contribution in [-0.4, -0.2) is 30.5 Å². The van der Waals surface area contributed by atoms with Gasteiger partial charge < -0.3 is 9.84 Å². The first-order chi connectivity index (χ1) is 7.48. The lowest BCUT2D eigenvalue weighted by Gasteiger charge is -2.40. The highest BCUT2D eigenvalue weighted by molar-refractivity contribution is 5.81. The minimum atomic E-state index is -6.35. The van der Waals surface area contributed by atoms with Gasteiger partial charge in [0.2, 0.25) is 0 Å². The van der Waals surface area contributed by atoms with Crippen molar-refractivity contribution in [1.29, 1.82) is 0 Å². The summed E-state index contributed by atoms with van der Waals surface area (Å²) < 4.78 is 75.5. The first-order valence-electron chi connectivity index (χ1n) is 3.93. The number of hydrogen-bond donors (Lipinski definition) is 0. The molecule has 0 saturated carbocycles. The SMILES string of the molecule is C#CCCOC(=O)C([O-])(C(F)(F)F)C(F)(F)F. The average molecular weight is 263 g/mol. The largest absolute Gasteiger partial charge is 0.828 e. The predicted octanol–water partition coefficient (Wildman–Crippen LogP) is 0.777. The molecule has 0 aromatic carbocycles. The summed E-state index contributed by atoms with van der Waals surface area (Å²) in [4.78, 5) is 10.6. The molecule has 0 aromatic heterocycles. The molecule has 0 amide bonds.